The van der Waals surface area contributed by atoms with E-state index in [4.69, 9.17) is 0 Å². The maximum absolute atomic E-state index is 13.7. The predicted molar refractivity (Wildman–Crippen MR) is 137 cm³/mol. The zero-order chi connectivity index (χ0) is 24.8. The Bertz CT molecular complexity index is 1170. The summed E-state index contributed by atoms with van der Waals surface area (Å²) in [6.45, 7) is 3.73. The van der Waals surface area contributed by atoms with Gasteiger partial charge >= 0.3 is 0 Å². The number of thiophene rings is 1. The summed E-state index contributed by atoms with van der Waals surface area (Å²) in [5.74, 6) is -0.948. The molecule has 1 aliphatic rings. The summed E-state index contributed by atoms with van der Waals surface area (Å²) in [4.78, 5) is 46.1. The minimum atomic E-state index is -0.919. The smallest absolute Gasteiger partial charge is 0.261 e. The van der Waals surface area contributed by atoms with Crippen molar-refractivity contribution in [1.82, 2.24) is 15.6 Å². The van der Waals surface area contributed by atoms with Gasteiger partial charge in [0.15, 0.2) is 0 Å². The molecule has 1 saturated carbocycles. The molecule has 1 aliphatic carbocycles. The first-order valence-corrected chi connectivity index (χ1v) is 12.7. The van der Waals surface area contributed by atoms with Crippen molar-refractivity contribution in [2.75, 3.05) is 11.4 Å². The van der Waals surface area contributed by atoms with Crippen molar-refractivity contribution in [2.45, 2.75) is 51.6 Å². The second-order valence-corrected chi connectivity index (χ2v) is 9.82. The van der Waals surface area contributed by atoms with Crippen molar-refractivity contribution in [3.63, 3.8) is 0 Å². The lowest BCUT2D eigenvalue weighted by atomic mass is 10.0. The molecule has 3 amide bonds. The molecule has 2 heterocycles. The molecule has 0 spiro atoms. The highest BCUT2D eigenvalue weighted by atomic mass is 32.1. The van der Waals surface area contributed by atoms with Crippen LogP contribution < -0.4 is 15.5 Å². The Kier molecular flexibility index (Phi) is 7.92. The first-order valence-electron chi connectivity index (χ1n) is 11.9. The normalized spacial score (nSPS) is 14.3. The largest absolute Gasteiger partial charge is 0.351 e. The van der Waals surface area contributed by atoms with Crippen LogP contribution in [0.4, 0.5) is 5.69 Å². The molecule has 2 N–H and O–H groups in total. The second kappa shape index (κ2) is 11.3. The van der Waals surface area contributed by atoms with E-state index in [1.165, 1.54) is 16.2 Å². The summed E-state index contributed by atoms with van der Waals surface area (Å²) in [5, 5.41) is 7.67. The van der Waals surface area contributed by atoms with Crippen molar-refractivity contribution < 1.29 is 14.4 Å². The Morgan fingerprint density at radius 1 is 1.09 bits per heavy atom. The molecule has 182 valence electrons. The molecule has 0 aliphatic heterocycles. The van der Waals surface area contributed by atoms with E-state index in [1.807, 2.05) is 37.4 Å². The molecule has 1 unspecified atom stereocenters. The highest BCUT2D eigenvalue weighted by Gasteiger charge is 2.34. The van der Waals surface area contributed by atoms with Crippen LogP contribution in [0.1, 0.15) is 58.1 Å². The molecule has 35 heavy (non-hydrogen) atoms. The van der Waals surface area contributed by atoms with Crippen LogP contribution in [-0.2, 0) is 9.59 Å². The van der Waals surface area contributed by atoms with Gasteiger partial charge in [-0.15, -0.1) is 11.3 Å². The standard InChI is InChI=1S/C27H30N4O3S/c1-18-11-12-22(15-19(18)2)31(24(32)17-29-26(33)23-10-6-14-35-23)25(20-7-5-13-28-16-20)27(34)30-21-8-3-4-9-21/h5-7,10-16,21,25H,3-4,8-9,17H2,1-2H3,(H,29,33)(H,30,34). The van der Waals surface area contributed by atoms with Crippen LogP contribution in [0.15, 0.2) is 60.2 Å². The van der Waals surface area contributed by atoms with Gasteiger partial charge in [-0.05, 0) is 67.5 Å². The summed E-state index contributed by atoms with van der Waals surface area (Å²) in [7, 11) is 0. The van der Waals surface area contributed by atoms with Crippen LogP contribution in [-0.4, -0.2) is 35.3 Å². The number of rotatable bonds is 8. The third kappa shape index (κ3) is 5.95. The lowest BCUT2D eigenvalue weighted by Gasteiger charge is -2.32. The minimum absolute atomic E-state index is 0.0944. The van der Waals surface area contributed by atoms with Crippen LogP contribution in [0.5, 0.6) is 0 Å². The van der Waals surface area contributed by atoms with Gasteiger partial charge in [-0.2, -0.15) is 0 Å². The molecular weight excluding hydrogens is 460 g/mol. The van der Waals surface area contributed by atoms with Gasteiger partial charge in [0.05, 0.1) is 11.4 Å². The van der Waals surface area contributed by atoms with E-state index in [-0.39, 0.29) is 30.3 Å². The van der Waals surface area contributed by atoms with Crippen LogP contribution in [0.3, 0.4) is 0 Å². The fourth-order valence-electron chi connectivity index (χ4n) is 4.35. The maximum atomic E-state index is 13.7. The molecule has 1 fully saturated rings. The molecule has 3 aromatic rings. The van der Waals surface area contributed by atoms with E-state index in [9.17, 15) is 14.4 Å². The number of hydrogen-bond acceptors (Lipinski definition) is 5. The number of amides is 3. The number of hydrogen-bond donors (Lipinski definition) is 2. The van der Waals surface area contributed by atoms with Crippen LogP contribution in [0.25, 0.3) is 0 Å². The number of carbonyl (C=O) groups is 3. The van der Waals surface area contributed by atoms with Crippen molar-refractivity contribution in [3.05, 3.63) is 81.8 Å². The average Bonchev–Trinajstić information content (AvgIpc) is 3.58. The van der Waals surface area contributed by atoms with E-state index in [1.54, 1.807) is 36.7 Å². The Hall–Kier alpha value is -3.52. The lowest BCUT2D eigenvalue weighted by molar-refractivity contribution is -0.126. The number of benzene rings is 1. The van der Waals surface area contributed by atoms with Crippen molar-refractivity contribution in [1.29, 1.82) is 0 Å². The zero-order valence-electron chi connectivity index (χ0n) is 20.0. The Morgan fingerprint density at radius 2 is 1.89 bits per heavy atom. The highest BCUT2D eigenvalue weighted by Crippen LogP contribution is 2.30. The second-order valence-electron chi connectivity index (χ2n) is 8.87. The van der Waals surface area contributed by atoms with E-state index >= 15 is 0 Å². The maximum Gasteiger partial charge on any atom is 0.261 e. The molecule has 4 rings (SSSR count). The Balaban J connectivity index is 1.69. The lowest BCUT2D eigenvalue weighted by Crippen LogP contribution is -2.49. The van der Waals surface area contributed by atoms with Crippen molar-refractivity contribution >= 4 is 34.7 Å². The molecule has 8 heteroatoms. The first-order chi connectivity index (χ1) is 16.9. The molecule has 0 radical (unpaired) electrons. The Labute approximate surface area is 209 Å². The van der Waals surface area contributed by atoms with Gasteiger partial charge in [0, 0.05) is 29.7 Å². The van der Waals surface area contributed by atoms with Gasteiger partial charge in [0.25, 0.3) is 5.91 Å². The summed E-state index contributed by atoms with van der Waals surface area (Å²) < 4.78 is 0. The van der Waals surface area contributed by atoms with Gasteiger partial charge in [-0.25, -0.2) is 0 Å². The summed E-state index contributed by atoms with van der Waals surface area (Å²) in [6, 6.07) is 11.9. The number of nitrogens with one attached hydrogen (secondary N) is 2. The topological polar surface area (TPSA) is 91.4 Å². The summed E-state index contributed by atoms with van der Waals surface area (Å²) >= 11 is 1.31. The number of aryl methyl sites for hydroxylation is 2. The highest BCUT2D eigenvalue weighted by molar-refractivity contribution is 7.12. The van der Waals surface area contributed by atoms with Gasteiger partial charge in [-0.3, -0.25) is 24.3 Å². The minimum Gasteiger partial charge on any atom is -0.351 e. The summed E-state index contributed by atoms with van der Waals surface area (Å²) in [5.41, 5.74) is 3.29. The fraction of sp³-hybridized carbons (Fsp3) is 0.333. The molecule has 2 aromatic heterocycles. The van der Waals surface area contributed by atoms with Crippen LogP contribution in [0.2, 0.25) is 0 Å². The number of nitrogens with zero attached hydrogens (tertiary/aromatic N) is 2. The molecular formula is C27H30N4O3S. The van der Waals surface area contributed by atoms with Crippen molar-refractivity contribution in [3.8, 4) is 0 Å². The monoisotopic (exact) mass is 490 g/mol. The van der Waals surface area contributed by atoms with Gasteiger partial charge in [-0.1, -0.05) is 31.0 Å². The average molecular weight is 491 g/mol. The zero-order valence-corrected chi connectivity index (χ0v) is 20.8. The summed E-state index contributed by atoms with van der Waals surface area (Å²) in [6.07, 6.45) is 7.28. The van der Waals surface area contributed by atoms with E-state index in [0.717, 1.165) is 36.8 Å². The van der Waals surface area contributed by atoms with Crippen LogP contribution >= 0.6 is 11.3 Å². The molecule has 1 atom stereocenters. The van der Waals surface area contributed by atoms with E-state index < -0.39 is 6.04 Å². The molecule has 0 bridgehead atoms. The van der Waals surface area contributed by atoms with Crippen LogP contribution in [0, 0.1) is 13.8 Å². The SMILES string of the molecule is Cc1ccc(N(C(=O)CNC(=O)c2cccs2)C(C(=O)NC2CCCC2)c2cccnc2)cc1C. The number of aromatic nitrogens is 1. The van der Waals surface area contributed by atoms with Gasteiger partial charge in [0.2, 0.25) is 11.8 Å². The number of anilines is 1. The predicted octanol–water partition coefficient (Wildman–Crippen LogP) is 4.32. The molecule has 0 saturated heterocycles. The first kappa shape index (κ1) is 24.6. The number of pyridine rings is 1. The van der Waals surface area contributed by atoms with Gasteiger partial charge in [0.1, 0.15) is 6.04 Å². The van der Waals surface area contributed by atoms with E-state index in [0.29, 0.717) is 16.1 Å². The third-order valence-electron chi connectivity index (χ3n) is 6.39. The molecule has 7 nitrogen and oxygen atoms in total. The number of carbonyl (C=O) groups excluding carboxylic acids is 3. The fourth-order valence-corrected chi connectivity index (χ4v) is 4.99. The third-order valence-corrected chi connectivity index (χ3v) is 7.26. The quantitative estimate of drug-likeness (QED) is 0.492. The van der Waals surface area contributed by atoms with Gasteiger partial charge < -0.3 is 10.6 Å². The van der Waals surface area contributed by atoms with E-state index in [2.05, 4.69) is 15.6 Å². The molecule has 1 aromatic carbocycles. The van der Waals surface area contributed by atoms with Crippen molar-refractivity contribution in [2.24, 2.45) is 0 Å². The Morgan fingerprint density at radius 3 is 2.54 bits per heavy atom.